The van der Waals surface area contributed by atoms with E-state index in [1.54, 1.807) is 12.4 Å². The molecule has 74 valence electrons. The zero-order valence-corrected chi connectivity index (χ0v) is 8.03. The molecule has 1 N–H and O–H groups in total. The Labute approximate surface area is 79.5 Å². The van der Waals surface area contributed by atoms with Crippen LogP contribution in [0.4, 0.5) is 4.79 Å². The van der Waals surface area contributed by atoms with E-state index in [4.69, 9.17) is 0 Å². The number of nitrogens with zero attached hydrogens (tertiary/aromatic N) is 2. The third kappa shape index (κ3) is 3.27. The molecule has 0 atom stereocenters. The van der Waals surface area contributed by atoms with Crippen molar-refractivity contribution in [3.8, 4) is 0 Å². The second kappa shape index (κ2) is 4.64. The molecule has 1 aromatic heterocycles. The molecule has 0 fully saturated rings. The number of nitrogens with one attached hydrogen (secondary N) is 1. The lowest BCUT2D eigenvalue weighted by molar-refractivity contribution is 0.242. The summed E-state index contributed by atoms with van der Waals surface area (Å²) in [5.74, 6) is 0.614. The van der Waals surface area contributed by atoms with Crippen molar-refractivity contribution in [2.24, 2.45) is 5.92 Å². The van der Waals surface area contributed by atoms with Crippen molar-refractivity contribution >= 4 is 6.03 Å². The maximum atomic E-state index is 11.3. The molecule has 0 saturated carbocycles. The van der Waals surface area contributed by atoms with Crippen LogP contribution in [0.15, 0.2) is 18.7 Å². The first kappa shape index (κ1) is 9.77. The van der Waals surface area contributed by atoms with Gasteiger partial charge in [0, 0.05) is 20.4 Å². The van der Waals surface area contributed by atoms with Crippen LogP contribution in [-0.4, -0.2) is 22.1 Å². The highest BCUT2D eigenvalue weighted by Crippen LogP contribution is 1.96. The zero-order chi connectivity index (χ0) is 9.68. The van der Waals surface area contributed by atoms with E-state index in [2.05, 4.69) is 24.1 Å². The molecule has 4 nitrogen and oxygen atoms in total. The number of hydrogen-bond acceptors (Lipinski definition) is 2. The third-order valence-corrected chi connectivity index (χ3v) is 1.74. The summed E-state index contributed by atoms with van der Waals surface area (Å²) in [5.41, 5.74) is 0. The molecule has 1 amide bonds. The first-order valence-electron chi connectivity index (χ1n) is 4.46. The summed E-state index contributed by atoms with van der Waals surface area (Å²) >= 11 is 0. The van der Waals surface area contributed by atoms with E-state index in [1.807, 2.05) is 0 Å². The molecule has 0 aliphatic heterocycles. The van der Waals surface area contributed by atoms with E-state index in [9.17, 15) is 4.79 Å². The predicted molar refractivity (Wildman–Crippen MR) is 52.6 cm³/mol. The van der Waals surface area contributed by atoms with E-state index in [0.29, 0.717) is 12.5 Å². The second-order valence-corrected chi connectivity index (χ2v) is 3.38. The highest BCUT2D eigenvalue weighted by Gasteiger charge is 2.01. The van der Waals surface area contributed by atoms with Crippen LogP contribution in [-0.2, 0) is 0 Å². The molecular formula is C9H17N3O. The molecule has 0 saturated heterocycles. The van der Waals surface area contributed by atoms with Gasteiger partial charge >= 0.3 is 6.03 Å². The molecule has 0 bridgehead atoms. The van der Waals surface area contributed by atoms with E-state index in [0.717, 1.165) is 6.42 Å². The summed E-state index contributed by atoms with van der Waals surface area (Å²) in [4.78, 5) is 15.1. The van der Waals surface area contributed by atoms with Gasteiger partial charge in [0.25, 0.3) is 0 Å². The van der Waals surface area contributed by atoms with Gasteiger partial charge in [0.15, 0.2) is 0 Å². The third-order valence-electron chi connectivity index (χ3n) is 1.74. The zero-order valence-electron chi connectivity index (χ0n) is 8.03. The summed E-state index contributed by atoms with van der Waals surface area (Å²) in [5, 5.41) is 2.80. The highest BCUT2D eigenvalue weighted by atomic mass is 16.2. The van der Waals surface area contributed by atoms with E-state index in [-0.39, 0.29) is 7.46 Å². The van der Waals surface area contributed by atoms with Crippen molar-refractivity contribution < 1.29 is 6.22 Å². The quantitative estimate of drug-likeness (QED) is 0.775. The van der Waals surface area contributed by atoms with Gasteiger partial charge in [-0.25, -0.2) is 9.78 Å². The van der Waals surface area contributed by atoms with Gasteiger partial charge in [-0.15, -0.1) is 0 Å². The first-order chi connectivity index (χ1) is 6.20. The molecule has 0 radical (unpaired) electrons. The Morgan fingerprint density at radius 1 is 1.69 bits per heavy atom. The van der Waals surface area contributed by atoms with Crippen molar-refractivity contribution in [3.05, 3.63) is 18.7 Å². The molecule has 0 spiro atoms. The number of carbonyl (C=O) groups excluding carboxylic acids is 1. The van der Waals surface area contributed by atoms with Gasteiger partial charge in [-0.2, -0.15) is 0 Å². The first-order valence-corrected chi connectivity index (χ1v) is 4.46. The largest absolute Gasteiger partial charge is 0.337 e. The van der Waals surface area contributed by atoms with E-state index >= 15 is 0 Å². The Morgan fingerprint density at radius 2 is 2.46 bits per heavy atom. The topological polar surface area (TPSA) is 46.9 Å². The Bertz CT molecular complexity index is 259. The van der Waals surface area contributed by atoms with Crippen LogP contribution in [0.5, 0.6) is 0 Å². The average molecular weight is 183 g/mol. The minimum atomic E-state index is -0.113. The van der Waals surface area contributed by atoms with Crippen LogP contribution in [0, 0.1) is 5.92 Å². The van der Waals surface area contributed by atoms with Gasteiger partial charge in [0.1, 0.15) is 6.33 Å². The summed E-state index contributed by atoms with van der Waals surface area (Å²) in [6.45, 7) is 4.97. The van der Waals surface area contributed by atoms with Crippen molar-refractivity contribution in [2.75, 3.05) is 6.54 Å². The number of rotatable bonds is 3. The fourth-order valence-corrected chi connectivity index (χ4v) is 0.938. The van der Waals surface area contributed by atoms with Crippen LogP contribution >= 0.6 is 0 Å². The normalized spacial score (nSPS) is 10.4. The fraction of sp³-hybridized carbons (Fsp3) is 0.556. The Kier molecular flexibility index (Phi) is 3.49. The van der Waals surface area contributed by atoms with Crippen molar-refractivity contribution in [2.45, 2.75) is 20.3 Å². The number of carbonyl (C=O) groups is 1. The van der Waals surface area contributed by atoms with Crippen LogP contribution in [0.25, 0.3) is 0 Å². The summed E-state index contributed by atoms with van der Waals surface area (Å²) in [7, 11) is 0. The van der Waals surface area contributed by atoms with Crippen molar-refractivity contribution in [3.63, 3.8) is 0 Å². The average Bonchev–Trinajstić information content (AvgIpc) is 2.55. The monoisotopic (exact) mass is 183 g/mol. The lowest BCUT2D eigenvalue weighted by Gasteiger charge is -2.06. The predicted octanol–water partition coefficient (Wildman–Crippen LogP) is 1.73. The van der Waals surface area contributed by atoms with E-state index < -0.39 is 0 Å². The Balaban J connectivity index is 0.00000169. The van der Waals surface area contributed by atoms with Gasteiger partial charge in [0.05, 0.1) is 0 Å². The smallest absolute Gasteiger partial charge is 0.326 e. The van der Waals surface area contributed by atoms with Crippen molar-refractivity contribution in [1.29, 1.82) is 0 Å². The van der Waals surface area contributed by atoms with Crippen LogP contribution in [0.1, 0.15) is 21.7 Å². The highest BCUT2D eigenvalue weighted by molar-refractivity contribution is 5.76. The molecule has 4 heteroatoms. The lowest BCUT2D eigenvalue weighted by Crippen LogP contribution is -2.29. The molecule has 0 aromatic carbocycles. The second-order valence-electron chi connectivity index (χ2n) is 3.38. The summed E-state index contributed by atoms with van der Waals surface area (Å²) in [6, 6.07) is -0.113. The lowest BCUT2D eigenvalue weighted by atomic mass is 10.1. The van der Waals surface area contributed by atoms with Gasteiger partial charge in [-0.1, -0.05) is 13.8 Å². The number of aromatic nitrogens is 2. The molecular weight excluding hydrogens is 166 g/mol. The number of hydrogen-bond donors (Lipinski definition) is 1. The maximum absolute atomic E-state index is 11.3. The Hall–Kier alpha value is -1.32. The van der Waals surface area contributed by atoms with E-state index in [1.165, 1.54) is 10.9 Å². The summed E-state index contributed by atoms with van der Waals surface area (Å²) < 4.78 is 1.43. The molecule has 1 rings (SSSR count). The van der Waals surface area contributed by atoms with Crippen LogP contribution in [0.2, 0.25) is 0 Å². The SMILES string of the molecule is CC(C)CCNC(=O)n1ccnc1.[HH]. The minimum absolute atomic E-state index is 0. The molecule has 13 heavy (non-hydrogen) atoms. The van der Waals surface area contributed by atoms with Gasteiger partial charge in [-0.05, 0) is 12.3 Å². The van der Waals surface area contributed by atoms with Crippen LogP contribution < -0.4 is 5.32 Å². The Morgan fingerprint density at radius 3 is 3.00 bits per heavy atom. The van der Waals surface area contributed by atoms with Crippen LogP contribution in [0.3, 0.4) is 0 Å². The van der Waals surface area contributed by atoms with Gasteiger partial charge in [0.2, 0.25) is 0 Å². The molecule has 0 unspecified atom stereocenters. The molecule has 1 heterocycles. The standard InChI is InChI=1S/C9H15N3O.H2/c1-8(2)3-4-11-9(13)12-6-5-10-7-12;/h5-8H,3-4H2,1-2H3,(H,11,13);1H. The minimum Gasteiger partial charge on any atom is -0.337 e. The maximum Gasteiger partial charge on any atom is 0.326 e. The summed E-state index contributed by atoms with van der Waals surface area (Å²) in [6.07, 6.45) is 5.71. The fourth-order valence-electron chi connectivity index (χ4n) is 0.938. The molecule has 0 aliphatic carbocycles. The molecule has 0 aliphatic rings. The molecule has 1 aromatic rings. The number of amides is 1. The van der Waals surface area contributed by atoms with Gasteiger partial charge < -0.3 is 5.32 Å². The number of imidazole rings is 1. The van der Waals surface area contributed by atoms with Gasteiger partial charge in [-0.3, -0.25) is 4.57 Å². The van der Waals surface area contributed by atoms with Crippen molar-refractivity contribution in [1.82, 2.24) is 14.9 Å².